The molecule has 0 fully saturated rings. The van der Waals surface area contributed by atoms with Crippen molar-refractivity contribution < 1.29 is 18.0 Å². The van der Waals surface area contributed by atoms with Gasteiger partial charge in [-0.2, -0.15) is 0 Å². The fourth-order valence-corrected chi connectivity index (χ4v) is 4.76. The summed E-state index contributed by atoms with van der Waals surface area (Å²) < 4.78 is 29.5. The van der Waals surface area contributed by atoms with Crippen LogP contribution < -0.4 is 9.62 Å². The first-order valence-corrected chi connectivity index (χ1v) is 12.2. The van der Waals surface area contributed by atoms with Gasteiger partial charge in [-0.05, 0) is 56.3 Å². The molecule has 11 heteroatoms. The van der Waals surface area contributed by atoms with Crippen molar-refractivity contribution in [3.05, 3.63) is 71.8 Å². The van der Waals surface area contributed by atoms with Crippen molar-refractivity contribution in [3.63, 3.8) is 0 Å². The Labute approximate surface area is 202 Å². The van der Waals surface area contributed by atoms with Crippen LogP contribution in [0.3, 0.4) is 0 Å². The van der Waals surface area contributed by atoms with Crippen molar-refractivity contribution >= 4 is 44.5 Å². The second-order valence-electron chi connectivity index (χ2n) is 8.05. The second kappa shape index (κ2) is 9.26. The number of hydrogen-bond donors (Lipinski definition) is 1. The van der Waals surface area contributed by atoms with Gasteiger partial charge in [0, 0.05) is 30.9 Å². The van der Waals surface area contributed by atoms with Crippen LogP contribution in [0.25, 0.3) is 11.0 Å². The molecule has 0 aliphatic rings. The van der Waals surface area contributed by atoms with E-state index >= 15 is 0 Å². The average Bonchev–Trinajstić information content (AvgIpc) is 3.14. The van der Waals surface area contributed by atoms with Crippen molar-refractivity contribution in [1.82, 2.24) is 19.5 Å². The molecular formula is C24H24N6O4S. The van der Waals surface area contributed by atoms with Crippen LogP contribution in [0.4, 0.5) is 11.6 Å². The molecule has 2 aromatic carbocycles. The van der Waals surface area contributed by atoms with Crippen LogP contribution in [0.2, 0.25) is 0 Å². The third kappa shape index (κ3) is 5.04. The minimum absolute atomic E-state index is 0.0107. The van der Waals surface area contributed by atoms with E-state index in [1.165, 1.54) is 47.6 Å². The summed E-state index contributed by atoms with van der Waals surface area (Å²) in [5, 5.41) is 0. The first-order valence-electron chi connectivity index (χ1n) is 10.8. The number of hydrogen-bond acceptors (Lipinski definition) is 7. The molecule has 0 bridgehead atoms. The molecule has 0 spiro atoms. The van der Waals surface area contributed by atoms with Gasteiger partial charge in [0.15, 0.2) is 0 Å². The molecule has 10 nitrogen and oxygen atoms in total. The van der Waals surface area contributed by atoms with Gasteiger partial charge in [-0.25, -0.2) is 28.1 Å². The van der Waals surface area contributed by atoms with E-state index < -0.39 is 10.0 Å². The Bertz CT molecular complexity index is 1520. The maximum atomic E-state index is 12.8. The number of anilines is 2. The maximum Gasteiger partial charge on any atom is 0.264 e. The fraction of sp³-hybridized carbons (Fsp3) is 0.208. The Hall–Kier alpha value is -4.12. The molecule has 0 aliphatic carbocycles. The lowest BCUT2D eigenvalue weighted by atomic mass is 10.2. The molecule has 0 aliphatic heterocycles. The second-order valence-corrected chi connectivity index (χ2v) is 9.73. The Balaban J connectivity index is 1.63. The fourth-order valence-electron chi connectivity index (χ4n) is 3.82. The molecule has 0 radical (unpaired) electrons. The lowest BCUT2D eigenvalue weighted by molar-refractivity contribution is -0.116. The van der Waals surface area contributed by atoms with Crippen LogP contribution in [0.5, 0.6) is 0 Å². The number of aryl methyl sites for hydroxylation is 2. The van der Waals surface area contributed by atoms with E-state index in [1.807, 2.05) is 12.1 Å². The monoisotopic (exact) mass is 492 g/mol. The van der Waals surface area contributed by atoms with Crippen molar-refractivity contribution in [2.45, 2.75) is 39.1 Å². The van der Waals surface area contributed by atoms with Gasteiger partial charge >= 0.3 is 0 Å². The predicted octanol–water partition coefficient (Wildman–Crippen LogP) is 3.46. The van der Waals surface area contributed by atoms with E-state index in [-0.39, 0.29) is 29.2 Å². The van der Waals surface area contributed by atoms with Gasteiger partial charge < -0.3 is 4.90 Å². The van der Waals surface area contributed by atoms with Gasteiger partial charge in [0.25, 0.3) is 10.0 Å². The van der Waals surface area contributed by atoms with Crippen molar-refractivity contribution in [2.75, 3.05) is 9.62 Å². The molecule has 2 aromatic heterocycles. The van der Waals surface area contributed by atoms with Crippen molar-refractivity contribution in [3.8, 4) is 0 Å². The molecule has 0 unspecified atom stereocenters. The smallest absolute Gasteiger partial charge is 0.264 e. The van der Waals surface area contributed by atoms with Gasteiger partial charge in [-0.1, -0.05) is 12.1 Å². The highest BCUT2D eigenvalue weighted by Gasteiger charge is 2.21. The van der Waals surface area contributed by atoms with E-state index in [9.17, 15) is 18.0 Å². The quantitative estimate of drug-likeness (QED) is 0.437. The predicted molar refractivity (Wildman–Crippen MR) is 132 cm³/mol. The summed E-state index contributed by atoms with van der Waals surface area (Å²) in [6.07, 6.45) is 0. The normalized spacial score (nSPS) is 11.4. The number of para-hydroxylation sites is 2. The molecule has 1 N–H and O–H groups in total. The Morgan fingerprint density at radius 3 is 2.17 bits per heavy atom. The molecule has 35 heavy (non-hydrogen) atoms. The minimum Gasteiger partial charge on any atom is -0.305 e. The van der Waals surface area contributed by atoms with Gasteiger partial charge in [0.2, 0.25) is 17.8 Å². The Morgan fingerprint density at radius 2 is 1.57 bits per heavy atom. The summed E-state index contributed by atoms with van der Waals surface area (Å²) in [5.74, 6) is -0.123. The highest BCUT2D eigenvalue weighted by atomic mass is 32.2. The third-order valence-electron chi connectivity index (χ3n) is 5.29. The summed E-state index contributed by atoms with van der Waals surface area (Å²) in [4.78, 5) is 39.0. The number of amides is 1. The van der Waals surface area contributed by atoms with E-state index in [1.54, 1.807) is 32.0 Å². The number of fused-ring (bicyclic) bond motifs is 1. The summed E-state index contributed by atoms with van der Waals surface area (Å²) in [6.45, 7) is 6.35. The number of imidazole rings is 1. The number of aromatic nitrogens is 4. The molecule has 4 rings (SSSR count). The maximum absolute atomic E-state index is 12.8. The molecule has 180 valence electrons. The molecule has 0 saturated heterocycles. The number of nitrogens with zero attached hydrogens (tertiary/aromatic N) is 5. The van der Waals surface area contributed by atoms with Gasteiger partial charge in [-0.3, -0.25) is 14.2 Å². The van der Waals surface area contributed by atoms with Crippen LogP contribution in [0, 0.1) is 13.8 Å². The van der Waals surface area contributed by atoms with Crippen LogP contribution in [-0.4, -0.2) is 39.8 Å². The summed E-state index contributed by atoms with van der Waals surface area (Å²) in [5.41, 5.74) is 3.03. The number of nitrogens with one attached hydrogen (secondary N) is 1. The Morgan fingerprint density at radius 1 is 0.943 bits per heavy atom. The number of sulfonamides is 1. The largest absolute Gasteiger partial charge is 0.305 e. The molecule has 0 atom stereocenters. The standard InChI is InChI=1S/C24H24N6O4S/c1-15-13-16(2)26-24(25-15)28-35(33,34)20-11-9-19(10-12-20)29(17(3)31)14-23-27-21-7-5-6-8-22(21)30(23)18(4)32/h5-13H,14H2,1-4H3,(H,25,26,28). The average molecular weight is 493 g/mol. The van der Waals surface area contributed by atoms with Crippen molar-refractivity contribution in [1.29, 1.82) is 0 Å². The van der Waals surface area contributed by atoms with E-state index in [2.05, 4.69) is 19.7 Å². The number of carbonyl (C=O) groups excluding carboxylic acids is 2. The van der Waals surface area contributed by atoms with Gasteiger partial charge in [0.05, 0.1) is 22.5 Å². The zero-order valence-corrected chi connectivity index (χ0v) is 20.5. The highest BCUT2D eigenvalue weighted by Crippen LogP contribution is 2.23. The molecule has 0 saturated carbocycles. The zero-order valence-electron chi connectivity index (χ0n) is 19.7. The first-order chi connectivity index (χ1) is 16.5. The summed E-state index contributed by atoms with van der Waals surface area (Å²) >= 11 is 0. The highest BCUT2D eigenvalue weighted by molar-refractivity contribution is 7.92. The first kappa shape index (κ1) is 24.0. The lowest BCUT2D eigenvalue weighted by Crippen LogP contribution is -2.30. The SMILES string of the molecule is CC(=O)N(Cc1nc2ccccc2n1C(C)=O)c1ccc(S(=O)(=O)Nc2nc(C)cc(C)n2)cc1. The molecular weight excluding hydrogens is 468 g/mol. The third-order valence-corrected chi connectivity index (χ3v) is 6.64. The summed E-state index contributed by atoms with van der Waals surface area (Å²) in [6, 6.07) is 14.8. The molecule has 2 heterocycles. The van der Waals surface area contributed by atoms with Gasteiger partial charge in [0.1, 0.15) is 5.82 Å². The van der Waals surface area contributed by atoms with Crippen LogP contribution in [0.15, 0.2) is 59.5 Å². The Kier molecular flexibility index (Phi) is 6.35. The van der Waals surface area contributed by atoms with Crippen LogP contribution >= 0.6 is 0 Å². The molecule has 4 aromatic rings. The number of rotatable bonds is 6. The van der Waals surface area contributed by atoms with Crippen LogP contribution in [-0.2, 0) is 21.4 Å². The molecule has 1 amide bonds. The topological polar surface area (TPSA) is 127 Å². The summed E-state index contributed by atoms with van der Waals surface area (Å²) in [7, 11) is -3.94. The van der Waals surface area contributed by atoms with Crippen LogP contribution in [0.1, 0.15) is 35.9 Å². The lowest BCUT2D eigenvalue weighted by Gasteiger charge is -2.21. The van der Waals surface area contributed by atoms with E-state index in [0.717, 1.165) is 0 Å². The van der Waals surface area contributed by atoms with Crippen molar-refractivity contribution in [2.24, 2.45) is 0 Å². The minimum atomic E-state index is -3.94. The zero-order chi connectivity index (χ0) is 25.3. The number of benzene rings is 2. The number of carbonyl (C=O) groups is 2. The van der Waals surface area contributed by atoms with E-state index in [0.29, 0.717) is 33.9 Å². The van der Waals surface area contributed by atoms with Gasteiger partial charge in [-0.15, -0.1) is 0 Å². The van der Waals surface area contributed by atoms with E-state index in [4.69, 9.17) is 0 Å².